The van der Waals surface area contributed by atoms with Gasteiger partial charge in [0, 0.05) is 11.9 Å². The summed E-state index contributed by atoms with van der Waals surface area (Å²) in [5, 5.41) is 1.88. The number of nitrogens with two attached hydrogens (primary N) is 1. The van der Waals surface area contributed by atoms with Gasteiger partial charge in [-0.3, -0.25) is 4.79 Å². The van der Waals surface area contributed by atoms with Gasteiger partial charge in [-0.2, -0.15) is 0 Å². The summed E-state index contributed by atoms with van der Waals surface area (Å²) in [6.07, 6.45) is 0. The smallest absolute Gasteiger partial charge is 0.260 e. The number of halogens is 2. The highest BCUT2D eigenvalue weighted by Crippen LogP contribution is 2.27. The monoisotopic (exact) mass is 296 g/mol. The molecular weight excluding hydrogens is 282 g/mol. The van der Waals surface area contributed by atoms with Crippen molar-refractivity contribution in [2.45, 2.75) is 13.0 Å². The van der Waals surface area contributed by atoms with Crippen molar-refractivity contribution in [3.05, 3.63) is 51.7 Å². The lowest BCUT2D eigenvalue weighted by Crippen LogP contribution is -2.31. The van der Waals surface area contributed by atoms with Gasteiger partial charge >= 0.3 is 0 Å². The average Bonchev–Trinajstić information content (AvgIpc) is 2.95. The number of hydrogen-bond donors (Lipinski definition) is 1. The Bertz CT molecular complexity index is 628. The van der Waals surface area contributed by atoms with Crippen LogP contribution in [0, 0.1) is 11.6 Å². The zero-order chi connectivity index (χ0) is 14.9. The normalized spacial score (nSPS) is 12.2. The molecule has 6 heteroatoms. The van der Waals surface area contributed by atoms with E-state index in [1.807, 2.05) is 17.5 Å². The predicted molar refractivity (Wildman–Crippen MR) is 75.6 cm³/mol. The van der Waals surface area contributed by atoms with Crippen molar-refractivity contribution in [3.8, 4) is 0 Å². The lowest BCUT2D eigenvalue weighted by Gasteiger charge is -2.24. The number of nitrogen functional groups attached to an aromatic ring is 1. The standard InChI is InChI=1S/C14H14F2N2OS/c1-8(11-4-3-7-20-11)18(2)14(19)12-9(15)5-6-10(17)13(12)16/h3-8H,17H2,1-2H3. The molecule has 1 unspecified atom stereocenters. The van der Waals surface area contributed by atoms with Gasteiger partial charge in [0.15, 0.2) is 5.82 Å². The third-order valence-corrected chi connectivity index (χ3v) is 4.23. The molecule has 0 spiro atoms. The molecule has 0 saturated carbocycles. The van der Waals surface area contributed by atoms with Gasteiger partial charge in [-0.25, -0.2) is 8.78 Å². The van der Waals surface area contributed by atoms with Crippen LogP contribution in [0.1, 0.15) is 28.2 Å². The van der Waals surface area contributed by atoms with Crippen molar-refractivity contribution >= 4 is 22.9 Å². The topological polar surface area (TPSA) is 46.3 Å². The van der Waals surface area contributed by atoms with Crippen LogP contribution in [0.5, 0.6) is 0 Å². The molecule has 1 aromatic heterocycles. The predicted octanol–water partition coefficient (Wildman–Crippen LogP) is 3.44. The molecule has 2 rings (SSSR count). The summed E-state index contributed by atoms with van der Waals surface area (Å²) in [6, 6.07) is 5.55. The first kappa shape index (κ1) is 14.5. The van der Waals surface area contributed by atoms with E-state index in [2.05, 4.69) is 0 Å². The Morgan fingerprint density at radius 3 is 2.65 bits per heavy atom. The molecule has 2 aromatic rings. The molecule has 0 bridgehead atoms. The van der Waals surface area contributed by atoms with Crippen LogP contribution in [0.3, 0.4) is 0 Å². The molecule has 20 heavy (non-hydrogen) atoms. The van der Waals surface area contributed by atoms with Crippen LogP contribution in [0.2, 0.25) is 0 Å². The summed E-state index contributed by atoms with van der Waals surface area (Å²) in [5.74, 6) is -2.65. The fraction of sp³-hybridized carbons (Fsp3) is 0.214. The van der Waals surface area contributed by atoms with Crippen LogP contribution in [-0.2, 0) is 0 Å². The Balaban J connectivity index is 2.34. The fourth-order valence-corrected chi connectivity index (χ4v) is 2.66. The summed E-state index contributed by atoms with van der Waals surface area (Å²) in [4.78, 5) is 14.5. The van der Waals surface area contributed by atoms with Gasteiger partial charge in [0.25, 0.3) is 5.91 Å². The molecule has 0 aliphatic rings. The number of rotatable bonds is 3. The van der Waals surface area contributed by atoms with Crippen molar-refractivity contribution < 1.29 is 13.6 Å². The van der Waals surface area contributed by atoms with Gasteiger partial charge in [0.2, 0.25) is 0 Å². The number of anilines is 1. The average molecular weight is 296 g/mol. The van der Waals surface area contributed by atoms with E-state index < -0.39 is 23.1 Å². The molecular formula is C14H14F2N2OS. The minimum absolute atomic E-state index is 0.244. The van der Waals surface area contributed by atoms with E-state index in [0.29, 0.717) is 0 Å². The summed E-state index contributed by atoms with van der Waals surface area (Å²) in [7, 11) is 1.51. The highest BCUT2D eigenvalue weighted by Gasteiger charge is 2.26. The molecule has 3 nitrogen and oxygen atoms in total. The number of amides is 1. The quantitative estimate of drug-likeness (QED) is 0.882. The second-order valence-corrected chi connectivity index (χ2v) is 5.41. The Morgan fingerprint density at radius 2 is 2.05 bits per heavy atom. The third-order valence-electron chi connectivity index (χ3n) is 3.19. The van der Waals surface area contributed by atoms with Crippen LogP contribution in [-0.4, -0.2) is 17.9 Å². The van der Waals surface area contributed by atoms with Gasteiger partial charge in [0.1, 0.15) is 11.4 Å². The highest BCUT2D eigenvalue weighted by molar-refractivity contribution is 7.10. The van der Waals surface area contributed by atoms with E-state index in [1.165, 1.54) is 23.3 Å². The number of carbonyl (C=O) groups excluding carboxylic acids is 1. The third kappa shape index (κ3) is 2.51. The van der Waals surface area contributed by atoms with Crippen molar-refractivity contribution in [1.29, 1.82) is 0 Å². The summed E-state index contributed by atoms with van der Waals surface area (Å²) in [5.41, 5.74) is 4.53. The lowest BCUT2D eigenvalue weighted by molar-refractivity contribution is 0.0735. The minimum atomic E-state index is -1.01. The first-order chi connectivity index (χ1) is 9.43. The maximum absolute atomic E-state index is 13.9. The SMILES string of the molecule is CC(c1cccs1)N(C)C(=O)c1c(F)ccc(N)c1F. The molecule has 0 radical (unpaired) electrons. The van der Waals surface area contributed by atoms with Crippen molar-refractivity contribution in [2.24, 2.45) is 0 Å². The molecule has 106 valence electrons. The first-order valence-electron chi connectivity index (χ1n) is 5.97. The Morgan fingerprint density at radius 1 is 1.35 bits per heavy atom. The molecule has 0 aliphatic heterocycles. The van der Waals surface area contributed by atoms with Crippen LogP contribution < -0.4 is 5.73 Å². The maximum Gasteiger partial charge on any atom is 0.260 e. The maximum atomic E-state index is 13.9. The van der Waals surface area contributed by atoms with Gasteiger partial charge in [-0.05, 0) is 30.5 Å². The van der Waals surface area contributed by atoms with Gasteiger partial charge in [-0.1, -0.05) is 6.07 Å². The number of nitrogens with zero attached hydrogens (tertiary/aromatic N) is 1. The van der Waals surface area contributed by atoms with Gasteiger partial charge in [0.05, 0.1) is 11.7 Å². The van der Waals surface area contributed by atoms with Gasteiger partial charge < -0.3 is 10.6 Å². The van der Waals surface area contributed by atoms with Crippen molar-refractivity contribution in [2.75, 3.05) is 12.8 Å². The summed E-state index contributed by atoms with van der Waals surface area (Å²) in [6.45, 7) is 1.80. The molecule has 1 aromatic carbocycles. The summed E-state index contributed by atoms with van der Waals surface area (Å²) >= 11 is 1.48. The van der Waals surface area contributed by atoms with Crippen molar-refractivity contribution in [1.82, 2.24) is 4.90 Å². The van der Waals surface area contributed by atoms with Gasteiger partial charge in [-0.15, -0.1) is 11.3 Å². The zero-order valence-electron chi connectivity index (χ0n) is 11.1. The van der Waals surface area contributed by atoms with E-state index in [4.69, 9.17) is 5.73 Å². The van der Waals surface area contributed by atoms with Crippen LogP contribution in [0.4, 0.5) is 14.5 Å². The second-order valence-electron chi connectivity index (χ2n) is 4.43. The molecule has 0 aliphatic carbocycles. The Labute approximate surface area is 119 Å². The minimum Gasteiger partial charge on any atom is -0.396 e. The van der Waals surface area contributed by atoms with E-state index in [0.717, 1.165) is 17.0 Å². The lowest BCUT2D eigenvalue weighted by atomic mass is 10.1. The molecule has 0 fully saturated rings. The number of hydrogen-bond acceptors (Lipinski definition) is 3. The Hall–Kier alpha value is -1.95. The fourth-order valence-electron chi connectivity index (χ4n) is 1.84. The van der Waals surface area contributed by atoms with Crippen LogP contribution >= 0.6 is 11.3 Å². The molecule has 1 amide bonds. The van der Waals surface area contributed by atoms with E-state index in [1.54, 1.807) is 6.92 Å². The van der Waals surface area contributed by atoms with E-state index in [9.17, 15) is 13.6 Å². The molecule has 0 saturated heterocycles. The summed E-state index contributed by atoms with van der Waals surface area (Å²) < 4.78 is 27.6. The van der Waals surface area contributed by atoms with Crippen LogP contribution in [0.15, 0.2) is 29.6 Å². The van der Waals surface area contributed by atoms with Crippen molar-refractivity contribution in [3.63, 3.8) is 0 Å². The first-order valence-corrected chi connectivity index (χ1v) is 6.85. The highest BCUT2D eigenvalue weighted by atomic mass is 32.1. The number of thiophene rings is 1. The second kappa shape index (κ2) is 5.58. The largest absolute Gasteiger partial charge is 0.396 e. The number of benzene rings is 1. The van der Waals surface area contributed by atoms with Crippen LogP contribution in [0.25, 0.3) is 0 Å². The number of carbonyl (C=O) groups is 1. The molecule has 1 atom stereocenters. The Kier molecular flexibility index (Phi) is 4.04. The van der Waals surface area contributed by atoms with E-state index in [-0.39, 0.29) is 11.7 Å². The molecule has 2 N–H and O–H groups in total. The van der Waals surface area contributed by atoms with E-state index >= 15 is 0 Å². The molecule has 1 heterocycles. The zero-order valence-corrected chi connectivity index (χ0v) is 11.9.